The number of aryl methyl sites for hydroxylation is 1. The van der Waals surface area contributed by atoms with Crippen molar-refractivity contribution in [2.45, 2.75) is 30.7 Å². The molecule has 0 bridgehead atoms. The van der Waals surface area contributed by atoms with Gasteiger partial charge in [0, 0.05) is 12.6 Å². The molecule has 0 spiro atoms. The predicted octanol–water partition coefficient (Wildman–Crippen LogP) is 1.03. The van der Waals surface area contributed by atoms with Crippen molar-refractivity contribution in [2.75, 3.05) is 20.2 Å². The van der Waals surface area contributed by atoms with Crippen LogP contribution in [0.5, 0.6) is 5.75 Å². The first-order valence-corrected chi connectivity index (χ1v) is 7.89. The number of nitrogens with one attached hydrogen (secondary N) is 2. The number of rotatable bonds is 5. The summed E-state index contributed by atoms with van der Waals surface area (Å²) in [6, 6.07) is 5.36. The molecule has 1 aromatic rings. The van der Waals surface area contributed by atoms with Gasteiger partial charge in [-0.05, 0) is 44.0 Å². The molecule has 1 heterocycles. The van der Waals surface area contributed by atoms with Crippen LogP contribution in [0.25, 0.3) is 0 Å². The van der Waals surface area contributed by atoms with E-state index in [0.717, 1.165) is 24.9 Å². The van der Waals surface area contributed by atoms with Gasteiger partial charge in [0.2, 0.25) is 10.0 Å². The summed E-state index contributed by atoms with van der Waals surface area (Å²) in [5.74, 6) is 0.373. The zero-order chi connectivity index (χ0) is 13.9. The van der Waals surface area contributed by atoms with E-state index in [2.05, 4.69) is 10.0 Å². The summed E-state index contributed by atoms with van der Waals surface area (Å²) in [6.07, 6.45) is 2.10. The molecule has 1 fully saturated rings. The number of benzene rings is 1. The fraction of sp³-hybridized carbons (Fsp3) is 0.538. The zero-order valence-corrected chi connectivity index (χ0v) is 12.1. The molecule has 2 N–H and O–H groups in total. The number of sulfonamides is 1. The standard InChI is InChI=1S/C13H20N2O3S/c1-10-5-6-12(18-2)13(8-10)19(16,17)15-9-11-4-3-7-14-11/h5-6,8,11,14-15H,3-4,7,9H2,1-2H3/t11-/m1/s1. The van der Waals surface area contributed by atoms with Crippen LogP contribution >= 0.6 is 0 Å². The largest absolute Gasteiger partial charge is 0.495 e. The summed E-state index contributed by atoms with van der Waals surface area (Å²) in [4.78, 5) is 0.202. The molecule has 1 aromatic carbocycles. The Labute approximate surface area is 114 Å². The van der Waals surface area contributed by atoms with Gasteiger partial charge in [0.1, 0.15) is 10.6 Å². The van der Waals surface area contributed by atoms with E-state index in [9.17, 15) is 8.42 Å². The van der Waals surface area contributed by atoms with Gasteiger partial charge in [0.15, 0.2) is 0 Å². The first-order valence-electron chi connectivity index (χ1n) is 6.40. The van der Waals surface area contributed by atoms with Crippen LogP contribution in [0, 0.1) is 6.92 Å². The van der Waals surface area contributed by atoms with Crippen LogP contribution in [-0.2, 0) is 10.0 Å². The maximum atomic E-state index is 12.3. The van der Waals surface area contributed by atoms with Gasteiger partial charge >= 0.3 is 0 Å². The Morgan fingerprint density at radius 1 is 1.47 bits per heavy atom. The van der Waals surface area contributed by atoms with Crippen molar-refractivity contribution in [1.29, 1.82) is 0 Å². The zero-order valence-electron chi connectivity index (χ0n) is 11.3. The van der Waals surface area contributed by atoms with Crippen LogP contribution in [0.2, 0.25) is 0 Å². The Hall–Kier alpha value is -1.11. The van der Waals surface area contributed by atoms with Gasteiger partial charge in [0.05, 0.1) is 7.11 Å². The maximum Gasteiger partial charge on any atom is 0.244 e. The quantitative estimate of drug-likeness (QED) is 0.847. The lowest BCUT2D eigenvalue weighted by Gasteiger charge is -2.14. The van der Waals surface area contributed by atoms with Gasteiger partial charge in [-0.2, -0.15) is 0 Å². The van der Waals surface area contributed by atoms with Crippen LogP contribution in [0.3, 0.4) is 0 Å². The van der Waals surface area contributed by atoms with Crippen molar-refractivity contribution >= 4 is 10.0 Å². The van der Waals surface area contributed by atoms with Crippen LogP contribution in [0.1, 0.15) is 18.4 Å². The van der Waals surface area contributed by atoms with E-state index in [4.69, 9.17) is 4.74 Å². The van der Waals surface area contributed by atoms with Crippen LogP contribution in [-0.4, -0.2) is 34.7 Å². The molecule has 1 saturated heterocycles. The van der Waals surface area contributed by atoms with Crippen molar-refractivity contribution in [3.8, 4) is 5.75 Å². The number of hydrogen-bond acceptors (Lipinski definition) is 4. The normalized spacial score (nSPS) is 19.6. The van der Waals surface area contributed by atoms with Gasteiger partial charge in [-0.15, -0.1) is 0 Å². The van der Waals surface area contributed by atoms with Gasteiger partial charge < -0.3 is 10.1 Å². The molecule has 0 saturated carbocycles. The first-order chi connectivity index (χ1) is 9.03. The monoisotopic (exact) mass is 284 g/mol. The third-order valence-electron chi connectivity index (χ3n) is 3.29. The number of ether oxygens (including phenoxy) is 1. The second-order valence-electron chi connectivity index (χ2n) is 4.80. The Morgan fingerprint density at radius 3 is 2.89 bits per heavy atom. The average Bonchev–Trinajstić information content (AvgIpc) is 2.89. The Balaban J connectivity index is 2.16. The smallest absolute Gasteiger partial charge is 0.244 e. The molecule has 0 aliphatic carbocycles. The molecule has 2 rings (SSSR count). The third-order valence-corrected chi connectivity index (χ3v) is 4.74. The molecular formula is C13H20N2O3S. The van der Waals surface area contributed by atoms with E-state index in [0.29, 0.717) is 12.3 Å². The second-order valence-corrected chi connectivity index (χ2v) is 6.53. The maximum absolute atomic E-state index is 12.3. The highest BCUT2D eigenvalue weighted by atomic mass is 32.2. The lowest BCUT2D eigenvalue weighted by atomic mass is 10.2. The van der Waals surface area contributed by atoms with E-state index in [-0.39, 0.29) is 10.9 Å². The van der Waals surface area contributed by atoms with Crippen molar-refractivity contribution in [1.82, 2.24) is 10.0 Å². The Bertz CT molecular complexity index is 537. The minimum Gasteiger partial charge on any atom is -0.495 e. The van der Waals surface area contributed by atoms with Crippen molar-refractivity contribution in [3.05, 3.63) is 23.8 Å². The van der Waals surface area contributed by atoms with Crippen LogP contribution < -0.4 is 14.8 Å². The minimum atomic E-state index is -3.53. The fourth-order valence-corrected chi connectivity index (χ4v) is 3.55. The average molecular weight is 284 g/mol. The molecule has 106 valence electrons. The predicted molar refractivity (Wildman–Crippen MR) is 73.9 cm³/mol. The lowest BCUT2D eigenvalue weighted by molar-refractivity contribution is 0.402. The van der Waals surface area contributed by atoms with E-state index < -0.39 is 10.0 Å². The molecule has 1 aliphatic rings. The molecule has 6 heteroatoms. The SMILES string of the molecule is COc1ccc(C)cc1S(=O)(=O)NC[C@H]1CCCN1. The second kappa shape index (κ2) is 5.90. The Kier molecular flexibility index (Phi) is 4.44. The van der Waals surface area contributed by atoms with Crippen molar-refractivity contribution < 1.29 is 13.2 Å². The summed E-state index contributed by atoms with van der Waals surface area (Å²) < 4.78 is 32.4. The lowest BCUT2D eigenvalue weighted by Crippen LogP contribution is -2.37. The molecule has 0 radical (unpaired) electrons. The summed E-state index contributed by atoms with van der Waals surface area (Å²) in [5, 5.41) is 3.26. The van der Waals surface area contributed by atoms with E-state index in [1.54, 1.807) is 12.1 Å². The van der Waals surface area contributed by atoms with Crippen molar-refractivity contribution in [3.63, 3.8) is 0 Å². The molecule has 0 unspecified atom stereocenters. The molecule has 19 heavy (non-hydrogen) atoms. The molecule has 1 atom stereocenters. The van der Waals surface area contributed by atoms with Gasteiger partial charge in [-0.25, -0.2) is 13.1 Å². The molecule has 0 aromatic heterocycles. The van der Waals surface area contributed by atoms with E-state index in [1.807, 2.05) is 13.0 Å². The summed E-state index contributed by atoms with van der Waals surface area (Å²) in [7, 11) is -2.05. The molecular weight excluding hydrogens is 264 g/mol. The van der Waals surface area contributed by atoms with Gasteiger partial charge in [-0.1, -0.05) is 6.07 Å². The summed E-state index contributed by atoms with van der Waals surface area (Å²) >= 11 is 0. The van der Waals surface area contributed by atoms with Gasteiger partial charge in [-0.3, -0.25) is 0 Å². The first kappa shape index (κ1) is 14.3. The summed E-state index contributed by atoms with van der Waals surface area (Å²) in [6.45, 7) is 3.23. The highest BCUT2D eigenvalue weighted by Crippen LogP contribution is 2.24. The third kappa shape index (κ3) is 3.46. The number of hydrogen-bond donors (Lipinski definition) is 2. The summed E-state index contributed by atoms with van der Waals surface area (Å²) in [5.41, 5.74) is 0.889. The van der Waals surface area contributed by atoms with Crippen LogP contribution in [0.15, 0.2) is 23.1 Å². The molecule has 0 amide bonds. The Morgan fingerprint density at radius 2 is 2.26 bits per heavy atom. The highest BCUT2D eigenvalue weighted by molar-refractivity contribution is 7.89. The fourth-order valence-electron chi connectivity index (χ4n) is 2.21. The van der Waals surface area contributed by atoms with E-state index in [1.165, 1.54) is 7.11 Å². The highest BCUT2D eigenvalue weighted by Gasteiger charge is 2.22. The van der Waals surface area contributed by atoms with Crippen LogP contribution in [0.4, 0.5) is 0 Å². The van der Waals surface area contributed by atoms with Crippen molar-refractivity contribution in [2.24, 2.45) is 0 Å². The molecule has 5 nitrogen and oxygen atoms in total. The molecule has 1 aliphatic heterocycles. The van der Waals surface area contributed by atoms with E-state index >= 15 is 0 Å². The van der Waals surface area contributed by atoms with Gasteiger partial charge in [0.25, 0.3) is 0 Å². The topological polar surface area (TPSA) is 67.4 Å². The number of methoxy groups -OCH3 is 1. The minimum absolute atomic E-state index is 0.202.